The van der Waals surface area contributed by atoms with Crippen molar-refractivity contribution < 1.29 is 14.7 Å². The molecule has 0 radical (unpaired) electrons. The Morgan fingerprint density at radius 1 is 1.35 bits per heavy atom. The average Bonchev–Trinajstić information content (AvgIpc) is 2.79. The summed E-state index contributed by atoms with van der Waals surface area (Å²) < 4.78 is 0. The largest absolute Gasteiger partial charge is 0.481 e. The Morgan fingerprint density at radius 3 is 2.45 bits per heavy atom. The third kappa shape index (κ3) is 4.85. The van der Waals surface area contributed by atoms with Crippen molar-refractivity contribution in [1.82, 2.24) is 9.80 Å². The van der Waals surface area contributed by atoms with Crippen molar-refractivity contribution in [3.63, 3.8) is 0 Å². The van der Waals surface area contributed by atoms with E-state index in [-0.39, 0.29) is 19.0 Å². The first kappa shape index (κ1) is 16.5. The van der Waals surface area contributed by atoms with E-state index in [2.05, 4.69) is 0 Å². The zero-order valence-electron chi connectivity index (χ0n) is 12.4. The van der Waals surface area contributed by atoms with Crippen LogP contribution in [0.5, 0.6) is 0 Å². The number of nitrogens with zero attached hydrogens (tertiary/aromatic N) is 2. The molecule has 0 unspecified atom stereocenters. The number of carboxylic acid groups (broad SMARTS) is 1. The van der Waals surface area contributed by atoms with Crippen LogP contribution in [0.2, 0.25) is 0 Å². The predicted octanol–water partition coefficient (Wildman–Crippen LogP) is 2.88. The van der Waals surface area contributed by atoms with Crippen LogP contribution in [0.3, 0.4) is 0 Å². The summed E-state index contributed by atoms with van der Waals surface area (Å²) in [5.74, 6) is -0.896. The van der Waals surface area contributed by atoms with Gasteiger partial charge >= 0.3 is 12.0 Å². The van der Waals surface area contributed by atoms with Gasteiger partial charge in [0.1, 0.15) is 0 Å². The average molecular weight is 298 g/mol. The Labute approximate surface area is 123 Å². The Hall–Kier alpha value is -1.56. The smallest absolute Gasteiger partial charge is 0.320 e. The van der Waals surface area contributed by atoms with E-state index in [4.69, 9.17) is 5.11 Å². The lowest BCUT2D eigenvalue weighted by Gasteiger charge is -2.38. The van der Waals surface area contributed by atoms with Gasteiger partial charge in [-0.25, -0.2) is 4.79 Å². The fourth-order valence-corrected chi connectivity index (χ4v) is 2.52. The van der Waals surface area contributed by atoms with Crippen molar-refractivity contribution in [3.05, 3.63) is 22.4 Å². The Morgan fingerprint density at radius 2 is 2.00 bits per heavy atom. The minimum atomic E-state index is -0.896. The molecule has 2 amide bonds. The molecule has 1 heterocycles. The highest BCUT2D eigenvalue weighted by Crippen LogP contribution is 2.17. The van der Waals surface area contributed by atoms with Crippen LogP contribution in [0.25, 0.3) is 0 Å². The van der Waals surface area contributed by atoms with Crippen LogP contribution in [-0.2, 0) is 11.3 Å². The van der Waals surface area contributed by atoms with E-state index in [1.165, 1.54) is 0 Å². The molecule has 5 nitrogen and oxygen atoms in total. The highest BCUT2D eigenvalue weighted by molar-refractivity contribution is 7.07. The number of carboxylic acids is 1. The standard InChI is InChI=1S/C14H22N2O3S/c1-14(2,3)16(7-5-12(17)18)13(19)15(4)9-11-6-8-20-10-11/h6,8,10H,5,7,9H2,1-4H3,(H,17,18). The summed E-state index contributed by atoms with van der Waals surface area (Å²) in [6.07, 6.45) is -0.0463. The summed E-state index contributed by atoms with van der Waals surface area (Å²) in [6.45, 7) is 6.47. The van der Waals surface area contributed by atoms with Crippen molar-refractivity contribution >= 4 is 23.3 Å². The van der Waals surface area contributed by atoms with Gasteiger partial charge in [-0.15, -0.1) is 0 Å². The first-order chi connectivity index (χ1) is 9.21. The van der Waals surface area contributed by atoms with Gasteiger partial charge in [-0.3, -0.25) is 4.79 Å². The second-order valence-corrected chi connectivity index (χ2v) is 6.52. The molecule has 112 valence electrons. The lowest BCUT2D eigenvalue weighted by molar-refractivity contribution is -0.137. The van der Waals surface area contributed by atoms with Crippen LogP contribution in [0.1, 0.15) is 32.8 Å². The number of amides is 2. The molecule has 0 fully saturated rings. The highest BCUT2D eigenvalue weighted by atomic mass is 32.1. The first-order valence-corrected chi connectivity index (χ1v) is 7.41. The number of carbonyl (C=O) groups is 2. The lowest BCUT2D eigenvalue weighted by atomic mass is 10.1. The zero-order valence-corrected chi connectivity index (χ0v) is 13.2. The van der Waals surface area contributed by atoms with E-state index in [9.17, 15) is 9.59 Å². The second-order valence-electron chi connectivity index (χ2n) is 5.74. The molecule has 0 aliphatic carbocycles. The predicted molar refractivity (Wildman–Crippen MR) is 79.9 cm³/mol. The molecule has 1 aromatic rings. The van der Waals surface area contributed by atoms with E-state index in [1.54, 1.807) is 28.2 Å². The van der Waals surface area contributed by atoms with Crippen molar-refractivity contribution in [1.29, 1.82) is 0 Å². The molecule has 20 heavy (non-hydrogen) atoms. The maximum Gasteiger partial charge on any atom is 0.320 e. The van der Waals surface area contributed by atoms with Gasteiger partial charge in [0.25, 0.3) is 0 Å². The highest BCUT2D eigenvalue weighted by Gasteiger charge is 2.29. The number of aliphatic carboxylic acids is 1. The molecule has 0 aliphatic rings. The molecular formula is C14H22N2O3S. The molecule has 6 heteroatoms. The van der Waals surface area contributed by atoms with Crippen LogP contribution >= 0.6 is 11.3 Å². The van der Waals surface area contributed by atoms with E-state index in [0.29, 0.717) is 6.54 Å². The van der Waals surface area contributed by atoms with Gasteiger partial charge in [-0.2, -0.15) is 11.3 Å². The molecule has 0 saturated heterocycles. The third-order valence-electron chi connectivity index (χ3n) is 2.92. The van der Waals surface area contributed by atoms with Crippen LogP contribution in [0.15, 0.2) is 16.8 Å². The fraction of sp³-hybridized carbons (Fsp3) is 0.571. The number of thiophene rings is 1. The van der Waals surface area contributed by atoms with Crippen LogP contribution in [-0.4, -0.2) is 46.0 Å². The molecule has 0 saturated carbocycles. The van der Waals surface area contributed by atoms with Crippen molar-refractivity contribution in [2.75, 3.05) is 13.6 Å². The van der Waals surface area contributed by atoms with Crippen molar-refractivity contribution in [2.24, 2.45) is 0 Å². The monoisotopic (exact) mass is 298 g/mol. The molecule has 0 atom stereocenters. The molecule has 0 aromatic carbocycles. The van der Waals surface area contributed by atoms with E-state index in [1.807, 2.05) is 37.6 Å². The topological polar surface area (TPSA) is 60.9 Å². The van der Waals surface area contributed by atoms with Gasteiger partial charge in [-0.1, -0.05) is 0 Å². The molecule has 1 rings (SSSR count). The lowest BCUT2D eigenvalue weighted by Crippen LogP contribution is -2.51. The number of rotatable bonds is 5. The maximum absolute atomic E-state index is 12.5. The van der Waals surface area contributed by atoms with E-state index >= 15 is 0 Å². The zero-order chi connectivity index (χ0) is 15.3. The molecule has 0 spiro atoms. The van der Waals surface area contributed by atoms with E-state index in [0.717, 1.165) is 5.56 Å². The van der Waals surface area contributed by atoms with Gasteiger partial charge < -0.3 is 14.9 Å². The van der Waals surface area contributed by atoms with Crippen molar-refractivity contribution in [3.8, 4) is 0 Å². The summed E-state index contributed by atoms with van der Waals surface area (Å²) in [7, 11) is 1.74. The Balaban J connectivity index is 2.73. The number of carbonyl (C=O) groups excluding carboxylic acids is 1. The molecule has 0 bridgehead atoms. The SMILES string of the molecule is CN(Cc1ccsc1)C(=O)N(CCC(=O)O)C(C)(C)C. The second kappa shape index (κ2) is 6.74. The minimum Gasteiger partial charge on any atom is -0.481 e. The van der Waals surface area contributed by atoms with E-state index < -0.39 is 11.5 Å². The summed E-state index contributed by atoms with van der Waals surface area (Å²) in [5.41, 5.74) is 0.674. The molecular weight excluding hydrogens is 276 g/mol. The Bertz CT molecular complexity index is 451. The first-order valence-electron chi connectivity index (χ1n) is 6.47. The van der Waals surface area contributed by atoms with Crippen LogP contribution < -0.4 is 0 Å². The number of hydrogen-bond acceptors (Lipinski definition) is 3. The van der Waals surface area contributed by atoms with Gasteiger partial charge in [0.05, 0.1) is 6.42 Å². The molecule has 0 aliphatic heterocycles. The minimum absolute atomic E-state index is 0.0463. The molecule has 1 aromatic heterocycles. The maximum atomic E-state index is 12.5. The summed E-state index contributed by atoms with van der Waals surface area (Å²) >= 11 is 1.59. The summed E-state index contributed by atoms with van der Waals surface area (Å²) in [6, 6.07) is 1.83. The van der Waals surface area contributed by atoms with Gasteiger partial charge in [-0.05, 0) is 43.2 Å². The van der Waals surface area contributed by atoms with Gasteiger partial charge in [0.2, 0.25) is 0 Å². The summed E-state index contributed by atoms with van der Waals surface area (Å²) in [4.78, 5) is 26.4. The van der Waals surface area contributed by atoms with Gasteiger partial charge in [0.15, 0.2) is 0 Å². The normalized spacial score (nSPS) is 11.2. The summed E-state index contributed by atoms with van der Waals surface area (Å²) in [5, 5.41) is 12.8. The quantitative estimate of drug-likeness (QED) is 0.909. The third-order valence-corrected chi connectivity index (χ3v) is 3.65. The number of hydrogen-bond donors (Lipinski definition) is 1. The van der Waals surface area contributed by atoms with Crippen LogP contribution in [0.4, 0.5) is 4.79 Å². The Kier molecular flexibility index (Phi) is 5.56. The number of urea groups is 1. The molecule has 1 N–H and O–H groups in total. The fourth-order valence-electron chi connectivity index (χ4n) is 1.86. The van der Waals surface area contributed by atoms with Gasteiger partial charge in [0, 0.05) is 25.7 Å². The van der Waals surface area contributed by atoms with Crippen LogP contribution in [0, 0.1) is 0 Å². The van der Waals surface area contributed by atoms with Crippen molar-refractivity contribution in [2.45, 2.75) is 39.3 Å².